The monoisotopic (exact) mass is 135 g/mol. The van der Waals surface area contributed by atoms with Crippen LogP contribution in [0.1, 0.15) is 0 Å². The van der Waals surface area contributed by atoms with Gasteiger partial charge in [-0.15, -0.1) is 12.4 Å². The summed E-state index contributed by atoms with van der Waals surface area (Å²) < 4.78 is 0. The van der Waals surface area contributed by atoms with Crippen molar-refractivity contribution in [1.29, 1.82) is 0 Å². The van der Waals surface area contributed by atoms with Crippen molar-refractivity contribution in [3.05, 3.63) is 12.7 Å². The average molecular weight is 136 g/mol. The van der Waals surface area contributed by atoms with E-state index in [1.807, 2.05) is 0 Å². The zero-order valence-corrected chi connectivity index (χ0v) is 5.86. The summed E-state index contributed by atoms with van der Waals surface area (Å²) in [5, 5.41) is 0. The van der Waals surface area contributed by atoms with E-state index < -0.39 is 0 Å². The van der Waals surface area contributed by atoms with Crippen LogP contribution >= 0.6 is 12.4 Å². The van der Waals surface area contributed by atoms with Crippen LogP contribution in [0.25, 0.3) is 0 Å². The summed E-state index contributed by atoms with van der Waals surface area (Å²) in [4.78, 5) is 11.8. The van der Waals surface area contributed by atoms with Crippen molar-refractivity contribution in [2.75, 3.05) is 14.1 Å². The normalized spacial score (nSPS) is 6.75. The largest absolute Gasteiger partial charge is 0.345 e. The van der Waals surface area contributed by atoms with Gasteiger partial charge in [0.2, 0.25) is 5.91 Å². The molecule has 0 N–H and O–H groups in total. The molecular formula is C5H10ClNO. The summed E-state index contributed by atoms with van der Waals surface area (Å²) in [6, 6.07) is 0. The molecule has 0 heterocycles. The minimum absolute atomic E-state index is 0. The lowest BCUT2D eigenvalue weighted by molar-refractivity contribution is -0.123. The fourth-order valence-electron chi connectivity index (χ4n) is 0.183. The second-order valence-corrected chi connectivity index (χ2v) is 1.44. The van der Waals surface area contributed by atoms with Crippen molar-refractivity contribution in [2.45, 2.75) is 0 Å². The van der Waals surface area contributed by atoms with Gasteiger partial charge in [0.25, 0.3) is 0 Å². The van der Waals surface area contributed by atoms with Crippen LogP contribution in [-0.2, 0) is 4.79 Å². The van der Waals surface area contributed by atoms with E-state index in [4.69, 9.17) is 0 Å². The summed E-state index contributed by atoms with van der Waals surface area (Å²) >= 11 is 0. The summed E-state index contributed by atoms with van der Waals surface area (Å²) in [7, 11) is 3.37. The van der Waals surface area contributed by atoms with Crippen LogP contribution in [0.15, 0.2) is 12.7 Å². The number of likely N-dealkylation sites (N-methyl/N-ethyl adjacent to an activating group) is 1. The number of hydrogen-bond acceptors (Lipinski definition) is 1. The molecule has 48 valence electrons. The topological polar surface area (TPSA) is 20.3 Å². The van der Waals surface area contributed by atoms with Crippen molar-refractivity contribution in [2.24, 2.45) is 0 Å². The van der Waals surface area contributed by atoms with Gasteiger partial charge in [0.05, 0.1) is 0 Å². The molecule has 0 saturated heterocycles. The standard InChI is InChI=1S/C5H9NO.ClH/c1-4-5(7)6(2)3;/h4H,1H2,2-3H3;1H. The fourth-order valence-corrected chi connectivity index (χ4v) is 0.183. The van der Waals surface area contributed by atoms with Crippen LogP contribution in [-0.4, -0.2) is 24.9 Å². The molecule has 0 aromatic rings. The van der Waals surface area contributed by atoms with E-state index in [2.05, 4.69) is 6.58 Å². The Morgan fingerprint density at radius 1 is 1.62 bits per heavy atom. The molecule has 0 saturated carbocycles. The Labute approximate surface area is 55.6 Å². The first-order valence-electron chi connectivity index (χ1n) is 2.02. The van der Waals surface area contributed by atoms with E-state index in [1.54, 1.807) is 14.1 Å². The summed E-state index contributed by atoms with van der Waals surface area (Å²) in [6.45, 7) is 3.29. The van der Waals surface area contributed by atoms with E-state index in [9.17, 15) is 4.79 Å². The Balaban J connectivity index is 0. The lowest BCUT2D eigenvalue weighted by atomic mass is 10.5. The molecule has 0 radical (unpaired) electrons. The van der Waals surface area contributed by atoms with Crippen molar-refractivity contribution in [3.8, 4) is 0 Å². The zero-order chi connectivity index (χ0) is 5.86. The maximum atomic E-state index is 10.3. The molecule has 0 fully saturated rings. The molecule has 1 amide bonds. The highest BCUT2D eigenvalue weighted by atomic mass is 35.5. The van der Waals surface area contributed by atoms with E-state index in [1.165, 1.54) is 11.0 Å². The first-order valence-corrected chi connectivity index (χ1v) is 2.02. The molecule has 0 unspecified atom stereocenters. The minimum atomic E-state index is -0.0556. The van der Waals surface area contributed by atoms with Crippen molar-refractivity contribution >= 4 is 18.3 Å². The van der Waals surface area contributed by atoms with Crippen LogP contribution in [0.2, 0.25) is 0 Å². The second kappa shape index (κ2) is 4.65. The van der Waals surface area contributed by atoms with Crippen LogP contribution in [0, 0.1) is 0 Å². The Morgan fingerprint density at radius 3 is 2.00 bits per heavy atom. The van der Waals surface area contributed by atoms with Crippen molar-refractivity contribution in [1.82, 2.24) is 4.90 Å². The molecule has 0 bridgehead atoms. The Morgan fingerprint density at radius 2 is 2.00 bits per heavy atom. The lowest BCUT2D eigenvalue weighted by Crippen LogP contribution is -2.18. The molecule has 0 rings (SSSR count). The third-order valence-electron chi connectivity index (χ3n) is 0.615. The van der Waals surface area contributed by atoms with Gasteiger partial charge in [-0.3, -0.25) is 4.79 Å². The lowest BCUT2D eigenvalue weighted by Gasteiger charge is -2.03. The second-order valence-electron chi connectivity index (χ2n) is 1.44. The first kappa shape index (κ1) is 10.5. The average Bonchev–Trinajstić information content (AvgIpc) is 1.65. The van der Waals surface area contributed by atoms with Crippen LogP contribution in [0.3, 0.4) is 0 Å². The summed E-state index contributed by atoms with van der Waals surface area (Å²) in [6.07, 6.45) is 1.28. The maximum absolute atomic E-state index is 10.3. The summed E-state index contributed by atoms with van der Waals surface area (Å²) in [5.74, 6) is -0.0556. The number of rotatable bonds is 1. The molecule has 0 aromatic heterocycles. The van der Waals surface area contributed by atoms with Crippen molar-refractivity contribution in [3.63, 3.8) is 0 Å². The Kier molecular flexibility index (Phi) is 6.09. The Hall–Kier alpha value is -0.500. The molecule has 0 aliphatic carbocycles. The molecule has 0 atom stereocenters. The van der Waals surface area contributed by atoms with Gasteiger partial charge < -0.3 is 4.90 Å². The molecular weight excluding hydrogens is 126 g/mol. The third-order valence-corrected chi connectivity index (χ3v) is 0.615. The van der Waals surface area contributed by atoms with Gasteiger partial charge in [-0.2, -0.15) is 0 Å². The molecule has 8 heavy (non-hydrogen) atoms. The minimum Gasteiger partial charge on any atom is -0.345 e. The molecule has 2 nitrogen and oxygen atoms in total. The third kappa shape index (κ3) is 3.68. The number of carbonyl (C=O) groups is 1. The van der Waals surface area contributed by atoms with Crippen molar-refractivity contribution < 1.29 is 4.79 Å². The van der Waals surface area contributed by atoms with Crippen LogP contribution in [0.4, 0.5) is 0 Å². The van der Waals surface area contributed by atoms with Crippen LogP contribution < -0.4 is 0 Å². The SMILES string of the molecule is C=CC(=O)N(C)C.Cl. The van der Waals surface area contributed by atoms with E-state index >= 15 is 0 Å². The van der Waals surface area contributed by atoms with Crippen LogP contribution in [0.5, 0.6) is 0 Å². The number of halogens is 1. The van der Waals surface area contributed by atoms with Gasteiger partial charge in [0, 0.05) is 14.1 Å². The number of nitrogens with zero attached hydrogens (tertiary/aromatic N) is 1. The van der Waals surface area contributed by atoms with E-state index in [0.29, 0.717) is 0 Å². The molecule has 0 aliphatic rings. The molecule has 3 heteroatoms. The quantitative estimate of drug-likeness (QED) is 0.485. The predicted octanol–water partition coefficient (Wildman–Crippen LogP) is 0.682. The van der Waals surface area contributed by atoms with Gasteiger partial charge >= 0.3 is 0 Å². The van der Waals surface area contributed by atoms with Gasteiger partial charge in [0.1, 0.15) is 0 Å². The van der Waals surface area contributed by atoms with Gasteiger partial charge in [-0.25, -0.2) is 0 Å². The van der Waals surface area contributed by atoms with E-state index in [-0.39, 0.29) is 18.3 Å². The highest BCUT2D eigenvalue weighted by Gasteiger charge is 1.91. The Bertz CT molecular complexity index is 90.4. The molecule has 0 aromatic carbocycles. The fraction of sp³-hybridized carbons (Fsp3) is 0.400. The predicted molar refractivity (Wildman–Crippen MR) is 36.1 cm³/mol. The smallest absolute Gasteiger partial charge is 0.245 e. The van der Waals surface area contributed by atoms with Gasteiger partial charge in [-0.1, -0.05) is 6.58 Å². The highest BCUT2D eigenvalue weighted by molar-refractivity contribution is 5.86. The number of amides is 1. The maximum Gasteiger partial charge on any atom is 0.245 e. The molecule has 0 aliphatic heterocycles. The number of hydrogen-bond donors (Lipinski definition) is 0. The highest BCUT2D eigenvalue weighted by Crippen LogP contribution is 1.74. The van der Waals surface area contributed by atoms with E-state index in [0.717, 1.165) is 0 Å². The first-order chi connectivity index (χ1) is 3.18. The molecule has 0 spiro atoms. The van der Waals surface area contributed by atoms with Gasteiger partial charge in [0.15, 0.2) is 0 Å². The summed E-state index contributed by atoms with van der Waals surface area (Å²) in [5.41, 5.74) is 0. The van der Waals surface area contributed by atoms with Gasteiger partial charge in [-0.05, 0) is 6.08 Å². The zero-order valence-electron chi connectivity index (χ0n) is 5.05. The number of carbonyl (C=O) groups excluding carboxylic acids is 1.